The van der Waals surface area contributed by atoms with Gasteiger partial charge in [0.25, 0.3) is 10.1 Å². The predicted octanol–water partition coefficient (Wildman–Crippen LogP) is 4.96. The van der Waals surface area contributed by atoms with Crippen LogP contribution in [0.3, 0.4) is 0 Å². The summed E-state index contributed by atoms with van der Waals surface area (Å²) in [5.41, 5.74) is 6.10. The van der Waals surface area contributed by atoms with Crippen LogP contribution in [-0.4, -0.2) is 68.9 Å². The molecule has 0 heterocycles. The first kappa shape index (κ1) is 31.9. The summed E-state index contributed by atoms with van der Waals surface area (Å²) in [6.45, 7) is -0.537. The van der Waals surface area contributed by atoms with E-state index in [1.54, 1.807) is 18.2 Å². The molecule has 0 radical (unpaired) electrons. The smallest absolute Gasteiger partial charge is 0.296 e. The Kier molecular flexibility index (Phi) is 10.1. The quantitative estimate of drug-likeness (QED) is 0.0755. The molecule has 0 unspecified atom stereocenters. The summed E-state index contributed by atoms with van der Waals surface area (Å²) in [6.07, 6.45) is 0. The first-order chi connectivity index (χ1) is 21.1. The van der Waals surface area contributed by atoms with Gasteiger partial charge in [0.2, 0.25) is 0 Å². The molecule has 0 atom stereocenters. The monoisotopic (exact) mass is 627 g/mol. The van der Waals surface area contributed by atoms with Crippen molar-refractivity contribution >= 4 is 49.3 Å². The summed E-state index contributed by atoms with van der Waals surface area (Å²) >= 11 is 0. The molecule has 232 valence electrons. The van der Waals surface area contributed by atoms with E-state index in [1.807, 2.05) is 0 Å². The highest BCUT2D eigenvalue weighted by Gasteiger charge is 2.22. The number of aromatic hydroxyl groups is 1. The van der Waals surface area contributed by atoms with E-state index in [-0.39, 0.29) is 60.1 Å². The Bertz CT molecular complexity index is 1830. The van der Waals surface area contributed by atoms with Gasteiger partial charge < -0.3 is 40.0 Å². The molecule has 4 rings (SSSR count). The van der Waals surface area contributed by atoms with Gasteiger partial charge in [0.05, 0.1) is 27.4 Å². The molecule has 0 saturated carbocycles. The van der Waals surface area contributed by atoms with E-state index in [0.717, 1.165) is 6.07 Å². The zero-order valence-electron chi connectivity index (χ0n) is 23.5. The standard InChI is InChI=1S/C28H29N5O10S/c1-40-23-13-18(42-9-7-34)4-6-20(23)30-31-21-15-25(43-10-8-35)22(14-24(21)41-2)32-33-27-26(44(37,38)39)12-16-11-17(29)3-5-19(16)28(27)36/h3-6,11-15,34-36H,7-10,29H2,1-2H3,(H,37,38,39). The van der Waals surface area contributed by atoms with E-state index < -0.39 is 26.5 Å². The first-order valence-electron chi connectivity index (χ1n) is 12.8. The molecule has 6 N–H and O–H groups in total. The lowest BCUT2D eigenvalue weighted by molar-refractivity contribution is 0.201. The molecule has 0 bridgehead atoms. The van der Waals surface area contributed by atoms with Crippen LogP contribution in [-0.2, 0) is 10.1 Å². The normalized spacial score (nSPS) is 11.8. The number of aliphatic hydroxyl groups excluding tert-OH is 2. The fourth-order valence-electron chi connectivity index (χ4n) is 4.00. The van der Waals surface area contributed by atoms with E-state index in [9.17, 15) is 23.2 Å². The number of nitrogen functional groups attached to an aromatic ring is 1. The summed E-state index contributed by atoms with van der Waals surface area (Å²) in [5.74, 6) is 0.460. The van der Waals surface area contributed by atoms with Crippen molar-refractivity contribution in [3.8, 4) is 28.7 Å². The maximum Gasteiger partial charge on any atom is 0.296 e. The van der Waals surface area contributed by atoms with E-state index in [2.05, 4.69) is 20.5 Å². The molecule has 16 heteroatoms. The third-order valence-electron chi connectivity index (χ3n) is 6.00. The molecule has 0 fully saturated rings. The van der Waals surface area contributed by atoms with Crippen molar-refractivity contribution in [2.75, 3.05) is 46.4 Å². The lowest BCUT2D eigenvalue weighted by Crippen LogP contribution is -2.02. The number of ether oxygens (including phenoxy) is 4. The van der Waals surface area contributed by atoms with Crippen LogP contribution in [0.15, 0.2) is 79.9 Å². The van der Waals surface area contributed by atoms with Crippen molar-refractivity contribution in [3.63, 3.8) is 0 Å². The highest BCUT2D eigenvalue weighted by atomic mass is 32.2. The molecular weight excluding hydrogens is 598 g/mol. The van der Waals surface area contributed by atoms with Gasteiger partial charge in [-0.25, -0.2) is 0 Å². The maximum atomic E-state index is 12.2. The summed E-state index contributed by atoms with van der Waals surface area (Å²) in [6, 6.07) is 13.1. The van der Waals surface area contributed by atoms with Gasteiger partial charge in [0.15, 0.2) is 5.75 Å². The van der Waals surface area contributed by atoms with Gasteiger partial charge in [-0.1, -0.05) is 0 Å². The van der Waals surface area contributed by atoms with Crippen LogP contribution >= 0.6 is 0 Å². The Morgan fingerprint density at radius 3 is 2.05 bits per heavy atom. The minimum absolute atomic E-state index is 0.00954. The number of benzene rings is 4. The van der Waals surface area contributed by atoms with Gasteiger partial charge in [-0.2, -0.15) is 8.42 Å². The van der Waals surface area contributed by atoms with Crippen molar-refractivity contribution in [3.05, 3.63) is 54.6 Å². The second-order valence-electron chi connectivity index (χ2n) is 8.90. The number of nitrogens with zero attached hydrogens (tertiary/aromatic N) is 4. The molecule has 0 amide bonds. The lowest BCUT2D eigenvalue weighted by Gasteiger charge is -2.12. The minimum atomic E-state index is -4.86. The minimum Gasteiger partial charge on any atom is -0.505 e. The number of nitrogens with two attached hydrogens (primary N) is 1. The van der Waals surface area contributed by atoms with Crippen molar-refractivity contribution in [1.29, 1.82) is 0 Å². The fraction of sp³-hybridized carbons (Fsp3) is 0.214. The van der Waals surface area contributed by atoms with Gasteiger partial charge in [0.1, 0.15) is 63.9 Å². The Balaban J connectivity index is 1.78. The first-order valence-corrected chi connectivity index (χ1v) is 14.3. The van der Waals surface area contributed by atoms with Crippen LogP contribution in [0.25, 0.3) is 10.8 Å². The van der Waals surface area contributed by atoms with Gasteiger partial charge in [0, 0.05) is 29.3 Å². The summed E-state index contributed by atoms with van der Waals surface area (Å²) < 4.78 is 56.0. The lowest BCUT2D eigenvalue weighted by atomic mass is 10.1. The molecule has 4 aromatic rings. The number of methoxy groups -OCH3 is 2. The number of phenols is 1. The van der Waals surface area contributed by atoms with Gasteiger partial charge in [-0.05, 0) is 41.8 Å². The molecule has 0 aliphatic rings. The zero-order chi connectivity index (χ0) is 31.9. The van der Waals surface area contributed by atoms with Crippen molar-refractivity contribution in [2.45, 2.75) is 4.90 Å². The average Bonchev–Trinajstić information content (AvgIpc) is 3.00. The molecule has 44 heavy (non-hydrogen) atoms. The van der Waals surface area contributed by atoms with Crippen LogP contribution in [0, 0.1) is 0 Å². The summed E-state index contributed by atoms with van der Waals surface area (Å²) in [4.78, 5) is -0.700. The summed E-state index contributed by atoms with van der Waals surface area (Å²) in [5, 5.41) is 46.1. The Hall–Kier alpha value is -5.03. The van der Waals surface area contributed by atoms with E-state index in [1.165, 1.54) is 44.6 Å². The number of phenolic OH excluding ortho intramolecular Hbond substituents is 1. The molecule has 0 aromatic heterocycles. The molecule has 0 spiro atoms. The second-order valence-corrected chi connectivity index (χ2v) is 10.3. The molecule has 0 saturated heterocycles. The highest BCUT2D eigenvalue weighted by molar-refractivity contribution is 7.86. The summed E-state index contributed by atoms with van der Waals surface area (Å²) in [7, 11) is -2.04. The van der Waals surface area contributed by atoms with Crippen LogP contribution < -0.4 is 24.7 Å². The van der Waals surface area contributed by atoms with Gasteiger partial charge in [-0.3, -0.25) is 4.55 Å². The number of rotatable bonds is 13. The van der Waals surface area contributed by atoms with Crippen molar-refractivity contribution in [1.82, 2.24) is 0 Å². The van der Waals surface area contributed by atoms with Crippen LogP contribution in [0.5, 0.6) is 28.7 Å². The maximum absolute atomic E-state index is 12.2. The topological polar surface area (TPSA) is 227 Å². The Morgan fingerprint density at radius 1 is 0.750 bits per heavy atom. The Labute approximate surface area is 251 Å². The zero-order valence-corrected chi connectivity index (χ0v) is 24.4. The van der Waals surface area contributed by atoms with Gasteiger partial charge >= 0.3 is 0 Å². The van der Waals surface area contributed by atoms with Crippen molar-refractivity contribution < 1.29 is 47.2 Å². The third kappa shape index (κ3) is 7.30. The fourth-order valence-corrected chi connectivity index (χ4v) is 4.66. The van der Waals surface area contributed by atoms with E-state index >= 15 is 0 Å². The number of aliphatic hydroxyl groups is 2. The largest absolute Gasteiger partial charge is 0.505 e. The highest BCUT2D eigenvalue weighted by Crippen LogP contribution is 2.45. The van der Waals surface area contributed by atoms with E-state index in [0.29, 0.717) is 22.9 Å². The average molecular weight is 628 g/mol. The Morgan fingerprint density at radius 2 is 1.36 bits per heavy atom. The number of fused-ring (bicyclic) bond motifs is 1. The number of hydrogen-bond donors (Lipinski definition) is 5. The predicted molar refractivity (Wildman–Crippen MR) is 159 cm³/mol. The molecule has 15 nitrogen and oxygen atoms in total. The van der Waals surface area contributed by atoms with Crippen molar-refractivity contribution in [2.24, 2.45) is 20.5 Å². The molecule has 4 aromatic carbocycles. The second kappa shape index (κ2) is 14.0. The SMILES string of the molecule is COc1cc(OCCO)ccc1N=Nc1cc(OCCO)c(N=Nc2c(S(=O)(=O)O)cc3cc(N)ccc3c2O)cc1OC. The molecular formula is C28H29N5O10S. The number of hydrogen-bond acceptors (Lipinski definition) is 14. The van der Waals surface area contributed by atoms with Gasteiger partial charge in [-0.15, -0.1) is 20.5 Å². The molecule has 0 aliphatic heterocycles. The number of azo groups is 2. The van der Waals surface area contributed by atoms with Crippen LogP contribution in [0.2, 0.25) is 0 Å². The van der Waals surface area contributed by atoms with E-state index in [4.69, 9.17) is 29.8 Å². The molecule has 0 aliphatic carbocycles. The van der Waals surface area contributed by atoms with Crippen LogP contribution in [0.4, 0.5) is 28.4 Å². The number of anilines is 1. The third-order valence-corrected chi connectivity index (χ3v) is 6.86. The van der Waals surface area contributed by atoms with Crippen LogP contribution in [0.1, 0.15) is 0 Å².